The van der Waals surface area contributed by atoms with Gasteiger partial charge in [-0.05, 0) is 18.8 Å². The Morgan fingerprint density at radius 3 is 3.00 bits per heavy atom. The molecule has 0 aliphatic carbocycles. The number of anilines is 1. The number of carbonyl (C=O) groups excluding carboxylic acids is 1. The Kier molecular flexibility index (Phi) is 3.53. The van der Waals surface area contributed by atoms with Gasteiger partial charge in [-0.1, -0.05) is 0 Å². The van der Waals surface area contributed by atoms with Crippen LogP contribution in [0.2, 0.25) is 0 Å². The number of aromatic nitrogens is 2. The molecule has 6 heteroatoms. The molecule has 1 aromatic heterocycles. The second-order valence-corrected chi connectivity index (χ2v) is 3.95. The molecule has 0 saturated carbocycles. The third-order valence-corrected chi connectivity index (χ3v) is 2.84. The molecule has 1 fully saturated rings. The smallest absolute Gasteiger partial charge is 0.241 e. The van der Waals surface area contributed by atoms with E-state index in [-0.39, 0.29) is 11.8 Å². The number of nitrogens with zero attached hydrogens (tertiary/aromatic N) is 1. The van der Waals surface area contributed by atoms with Crippen LogP contribution in [0, 0.1) is 5.92 Å². The molecule has 1 aromatic rings. The minimum absolute atomic E-state index is 0.159. The van der Waals surface area contributed by atoms with Crippen molar-refractivity contribution in [3.8, 4) is 0 Å². The number of hydrogen-bond donors (Lipinski definition) is 3. The molecule has 1 aliphatic rings. The van der Waals surface area contributed by atoms with E-state index >= 15 is 0 Å². The van der Waals surface area contributed by atoms with Crippen molar-refractivity contribution in [2.45, 2.75) is 18.9 Å². The summed E-state index contributed by atoms with van der Waals surface area (Å²) < 4.78 is 5.23. The predicted octanol–water partition coefficient (Wildman–Crippen LogP) is 0.102. The van der Waals surface area contributed by atoms with Crippen LogP contribution in [0.15, 0.2) is 12.4 Å². The number of H-pyrrole nitrogens is 1. The number of amides is 1. The molecule has 0 radical (unpaired) electrons. The highest BCUT2D eigenvalue weighted by Gasteiger charge is 2.26. The largest absolute Gasteiger partial charge is 0.381 e. The highest BCUT2D eigenvalue weighted by molar-refractivity contribution is 5.94. The second-order valence-electron chi connectivity index (χ2n) is 3.95. The zero-order chi connectivity index (χ0) is 11.4. The van der Waals surface area contributed by atoms with Crippen LogP contribution in [0.25, 0.3) is 0 Å². The summed E-state index contributed by atoms with van der Waals surface area (Å²) in [6.07, 6.45) is 4.86. The van der Waals surface area contributed by atoms with Gasteiger partial charge in [-0.2, -0.15) is 5.10 Å². The summed E-state index contributed by atoms with van der Waals surface area (Å²) >= 11 is 0. The predicted molar refractivity (Wildman–Crippen MR) is 58.7 cm³/mol. The fraction of sp³-hybridized carbons (Fsp3) is 0.600. The van der Waals surface area contributed by atoms with E-state index in [0.29, 0.717) is 18.9 Å². The molecular formula is C10H16N4O2. The molecule has 2 rings (SSSR count). The summed E-state index contributed by atoms with van der Waals surface area (Å²) in [5.74, 6) is 0.0500. The maximum atomic E-state index is 11.8. The maximum Gasteiger partial charge on any atom is 0.241 e. The molecule has 1 saturated heterocycles. The molecule has 0 bridgehead atoms. The lowest BCUT2D eigenvalue weighted by molar-refractivity contribution is -0.119. The summed E-state index contributed by atoms with van der Waals surface area (Å²) in [4.78, 5) is 11.8. The zero-order valence-electron chi connectivity index (χ0n) is 8.98. The lowest BCUT2D eigenvalue weighted by Gasteiger charge is -2.26. The first-order valence-corrected chi connectivity index (χ1v) is 5.40. The fourth-order valence-electron chi connectivity index (χ4n) is 1.83. The first-order valence-electron chi connectivity index (χ1n) is 5.40. The average molecular weight is 224 g/mol. The third-order valence-electron chi connectivity index (χ3n) is 2.84. The van der Waals surface area contributed by atoms with Crippen LogP contribution >= 0.6 is 0 Å². The van der Waals surface area contributed by atoms with E-state index in [9.17, 15) is 4.79 Å². The van der Waals surface area contributed by atoms with Crippen molar-refractivity contribution in [2.75, 3.05) is 18.5 Å². The lowest BCUT2D eigenvalue weighted by Crippen LogP contribution is -2.43. The number of hydrogen-bond acceptors (Lipinski definition) is 4. The highest BCUT2D eigenvalue weighted by Crippen LogP contribution is 2.18. The molecule has 0 aromatic carbocycles. The second kappa shape index (κ2) is 5.09. The van der Waals surface area contributed by atoms with Gasteiger partial charge in [0, 0.05) is 19.4 Å². The molecular weight excluding hydrogens is 208 g/mol. The van der Waals surface area contributed by atoms with Crippen molar-refractivity contribution in [3.05, 3.63) is 12.4 Å². The number of rotatable bonds is 3. The Balaban J connectivity index is 1.88. The fourth-order valence-corrected chi connectivity index (χ4v) is 1.83. The van der Waals surface area contributed by atoms with Gasteiger partial charge in [0.25, 0.3) is 0 Å². The number of carbonyl (C=O) groups is 1. The van der Waals surface area contributed by atoms with Crippen molar-refractivity contribution in [3.63, 3.8) is 0 Å². The van der Waals surface area contributed by atoms with E-state index in [0.717, 1.165) is 12.8 Å². The molecule has 1 atom stereocenters. The summed E-state index contributed by atoms with van der Waals surface area (Å²) in [5.41, 5.74) is 6.56. The molecule has 0 spiro atoms. The van der Waals surface area contributed by atoms with Crippen LogP contribution in [0.3, 0.4) is 0 Å². The monoisotopic (exact) mass is 224 g/mol. The number of nitrogens with one attached hydrogen (secondary N) is 2. The maximum absolute atomic E-state index is 11.8. The van der Waals surface area contributed by atoms with Gasteiger partial charge in [0.05, 0.1) is 17.9 Å². The quantitative estimate of drug-likeness (QED) is 0.679. The Bertz CT molecular complexity index is 333. The van der Waals surface area contributed by atoms with Gasteiger partial charge in [0.1, 0.15) is 0 Å². The summed E-state index contributed by atoms with van der Waals surface area (Å²) in [7, 11) is 0. The summed E-state index contributed by atoms with van der Waals surface area (Å²) in [6.45, 7) is 1.38. The standard InChI is InChI=1S/C10H16N4O2/c11-9(7-1-3-16-4-2-7)10(15)14-8-5-12-13-6-8/h5-7,9H,1-4,11H2,(H,12,13)(H,14,15). The molecule has 1 unspecified atom stereocenters. The third kappa shape index (κ3) is 2.59. The van der Waals surface area contributed by atoms with Crippen molar-refractivity contribution in [1.82, 2.24) is 10.2 Å². The van der Waals surface area contributed by atoms with Crippen molar-refractivity contribution >= 4 is 11.6 Å². The molecule has 1 aliphatic heterocycles. The Labute approximate surface area is 93.5 Å². The van der Waals surface area contributed by atoms with Crippen molar-refractivity contribution in [2.24, 2.45) is 11.7 Å². The van der Waals surface area contributed by atoms with Crippen LogP contribution in [0.5, 0.6) is 0 Å². The van der Waals surface area contributed by atoms with E-state index < -0.39 is 6.04 Å². The Morgan fingerprint density at radius 2 is 2.38 bits per heavy atom. The van der Waals surface area contributed by atoms with E-state index in [1.165, 1.54) is 0 Å². The minimum Gasteiger partial charge on any atom is -0.381 e. The van der Waals surface area contributed by atoms with Crippen LogP contribution in [0.1, 0.15) is 12.8 Å². The molecule has 1 amide bonds. The van der Waals surface area contributed by atoms with Gasteiger partial charge >= 0.3 is 0 Å². The van der Waals surface area contributed by atoms with Crippen LogP contribution in [0.4, 0.5) is 5.69 Å². The molecule has 4 N–H and O–H groups in total. The molecule has 88 valence electrons. The van der Waals surface area contributed by atoms with Crippen LogP contribution in [-0.4, -0.2) is 35.4 Å². The molecule has 6 nitrogen and oxygen atoms in total. The minimum atomic E-state index is -0.473. The SMILES string of the molecule is NC(C(=O)Nc1cn[nH]c1)C1CCOCC1. The van der Waals surface area contributed by atoms with E-state index in [1.54, 1.807) is 12.4 Å². The average Bonchev–Trinajstić information content (AvgIpc) is 2.82. The van der Waals surface area contributed by atoms with E-state index in [2.05, 4.69) is 15.5 Å². The topological polar surface area (TPSA) is 93.0 Å². The van der Waals surface area contributed by atoms with Crippen LogP contribution < -0.4 is 11.1 Å². The number of nitrogens with two attached hydrogens (primary N) is 1. The molecule has 16 heavy (non-hydrogen) atoms. The van der Waals surface area contributed by atoms with Gasteiger partial charge in [-0.25, -0.2) is 0 Å². The Morgan fingerprint density at radius 1 is 1.62 bits per heavy atom. The van der Waals surface area contributed by atoms with Gasteiger partial charge in [0.15, 0.2) is 0 Å². The summed E-state index contributed by atoms with van der Waals surface area (Å²) in [5, 5.41) is 9.10. The molecule has 2 heterocycles. The van der Waals surface area contributed by atoms with Gasteiger partial charge < -0.3 is 15.8 Å². The first-order chi connectivity index (χ1) is 7.77. The number of ether oxygens (including phenoxy) is 1. The van der Waals surface area contributed by atoms with Gasteiger partial charge in [0.2, 0.25) is 5.91 Å². The Hall–Kier alpha value is -1.40. The van der Waals surface area contributed by atoms with Gasteiger partial charge in [-0.15, -0.1) is 0 Å². The normalized spacial score (nSPS) is 19.3. The van der Waals surface area contributed by atoms with E-state index in [4.69, 9.17) is 10.5 Å². The summed E-state index contributed by atoms with van der Waals surface area (Å²) in [6, 6.07) is -0.473. The van der Waals surface area contributed by atoms with Crippen molar-refractivity contribution in [1.29, 1.82) is 0 Å². The van der Waals surface area contributed by atoms with Crippen molar-refractivity contribution < 1.29 is 9.53 Å². The van der Waals surface area contributed by atoms with Crippen LogP contribution in [-0.2, 0) is 9.53 Å². The highest BCUT2D eigenvalue weighted by atomic mass is 16.5. The number of aromatic amines is 1. The first kappa shape index (κ1) is 11.1. The zero-order valence-corrected chi connectivity index (χ0v) is 8.98. The van der Waals surface area contributed by atoms with Gasteiger partial charge in [-0.3, -0.25) is 9.89 Å². The lowest BCUT2D eigenvalue weighted by atomic mass is 9.92. The van der Waals surface area contributed by atoms with E-state index in [1.807, 2.05) is 0 Å².